The van der Waals surface area contributed by atoms with E-state index in [-0.39, 0.29) is 12.1 Å². The van der Waals surface area contributed by atoms with E-state index in [0.717, 1.165) is 25.0 Å². The standard InChI is InChI=1S/C14H25N3O2S2/c1-10(2)17-9-12(7-11(17)8-15)21(18,19)16-13-5-4-6-14(13)20-3/h7,9-10,13-14,16H,4-6,8,15H2,1-3H3. The Balaban J connectivity index is 2.23. The summed E-state index contributed by atoms with van der Waals surface area (Å²) in [6.45, 7) is 4.37. The maximum absolute atomic E-state index is 12.6. The molecule has 0 aliphatic heterocycles. The molecule has 5 nitrogen and oxygen atoms in total. The fourth-order valence-electron chi connectivity index (χ4n) is 2.90. The number of hydrogen-bond donors (Lipinski definition) is 2. The van der Waals surface area contributed by atoms with Crippen molar-refractivity contribution in [3.05, 3.63) is 18.0 Å². The van der Waals surface area contributed by atoms with Gasteiger partial charge in [-0.25, -0.2) is 13.1 Å². The molecule has 3 N–H and O–H groups in total. The van der Waals surface area contributed by atoms with Crippen LogP contribution in [0.5, 0.6) is 0 Å². The van der Waals surface area contributed by atoms with Crippen LogP contribution in [-0.4, -0.2) is 30.5 Å². The van der Waals surface area contributed by atoms with Crippen LogP contribution in [0, 0.1) is 0 Å². The van der Waals surface area contributed by atoms with Crippen LogP contribution >= 0.6 is 11.8 Å². The number of hydrogen-bond acceptors (Lipinski definition) is 4. The number of thioether (sulfide) groups is 1. The molecule has 2 atom stereocenters. The summed E-state index contributed by atoms with van der Waals surface area (Å²) >= 11 is 1.74. The lowest BCUT2D eigenvalue weighted by atomic mass is 10.3. The Bertz CT molecular complexity index is 581. The molecule has 1 aromatic rings. The highest BCUT2D eigenvalue weighted by atomic mass is 32.2. The smallest absolute Gasteiger partial charge is 0.242 e. The minimum atomic E-state index is -3.47. The minimum absolute atomic E-state index is 0.0359. The molecule has 2 unspecified atom stereocenters. The SMILES string of the molecule is CSC1CCCC1NS(=O)(=O)c1cc(CN)n(C(C)C)c1. The van der Waals surface area contributed by atoms with Gasteiger partial charge in [-0.3, -0.25) is 0 Å². The molecule has 120 valence electrons. The van der Waals surface area contributed by atoms with Gasteiger partial charge in [0.05, 0.1) is 4.90 Å². The van der Waals surface area contributed by atoms with Gasteiger partial charge >= 0.3 is 0 Å². The van der Waals surface area contributed by atoms with Crippen molar-refractivity contribution < 1.29 is 8.42 Å². The Morgan fingerprint density at radius 1 is 1.48 bits per heavy atom. The van der Waals surface area contributed by atoms with Crippen LogP contribution in [0.15, 0.2) is 17.2 Å². The molecule has 0 saturated heterocycles. The number of nitrogens with zero attached hydrogens (tertiary/aromatic N) is 1. The molecule has 0 amide bonds. The number of nitrogens with one attached hydrogen (secondary N) is 1. The van der Waals surface area contributed by atoms with Gasteiger partial charge < -0.3 is 10.3 Å². The Labute approximate surface area is 131 Å². The fourth-order valence-corrected chi connectivity index (χ4v) is 5.28. The molecule has 0 aromatic carbocycles. The van der Waals surface area contributed by atoms with Gasteiger partial charge in [-0.15, -0.1) is 0 Å². The van der Waals surface area contributed by atoms with Gasteiger partial charge in [-0.1, -0.05) is 6.42 Å². The van der Waals surface area contributed by atoms with Gasteiger partial charge in [0.1, 0.15) is 0 Å². The number of rotatable bonds is 6. The average Bonchev–Trinajstić information content (AvgIpc) is 3.03. The molecule has 1 saturated carbocycles. The van der Waals surface area contributed by atoms with Crippen LogP contribution in [-0.2, 0) is 16.6 Å². The monoisotopic (exact) mass is 331 g/mol. The van der Waals surface area contributed by atoms with Gasteiger partial charge in [-0.2, -0.15) is 11.8 Å². The molecular formula is C14H25N3O2S2. The highest BCUT2D eigenvalue weighted by Crippen LogP contribution is 2.30. The van der Waals surface area contributed by atoms with E-state index < -0.39 is 10.0 Å². The van der Waals surface area contributed by atoms with Gasteiger partial charge in [0, 0.05) is 35.8 Å². The molecule has 7 heteroatoms. The van der Waals surface area contributed by atoms with Gasteiger partial charge in [-0.05, 0) is 39.0 Å². The number of aromatic nitrogens is 1. The van der Waals surface area contributed by atoms with E-state index in [9.17, 15) is 8.42 Å². The molecule has 2 rings (SSSR count). The molecule has 1 aromatic heterocycles. The summed E-state index contributed by atoms with van der Waals surface area (Å²) in [6, 6.07) is 1.91. The summed E-state index contributed by atoms with van der Waals surface area (Å²) in [4.78, 5) is 0.323. The molecule has 1 heterocycles. The number of nitrogens with two attached hydrogens (primary N) is 1. The first-order valence-corrected chi connectivity index (χ1v) is 10.1. The van der Waals surface area contributed by atoms with E-state index in [1.165, 1.54) is 0 Å². The quantitative estimate of drug-likeness (QED) is 0.837. The van der Waals surface area contributed by atoms with Crippen molar-refractivity contribution in [2.45, 2.75) is 61.9 Å². The third-order valence-electron chi connectivity index (χ3n) is 4.04. The predicted molar refractivity (Wildman–Crippen MR) is 88.0 cm³/mol. The first-order valence-electron chi connectivity index (χ1n) is 7.35. The van der Waals surface area contributed by atoms with Crippen molar-refractivity contribution in [2.24, 2.45) is 5.73 Å². The molecule has 1 aliphatic carbocycles. The second kappa shape index (κ2) is 6.73. The van der Waals surface area contributed by atoms with E-state index in [4.69, 9.17) is 5.73 Å². The van der Waals surface area contributed by atoms with E-state index in [0.29, 0.717) is 16.7 Å². The van der Waals surface area contributed by atoms with E-state index >= 15 is 0 Å². The topological polar surface area (TPSA) is 77.1 Å². The van der Waals surface area contributed by atoms with Crippen molar-refractivity contribution in [3.8, 4) is 0 Å². The zero-order valence-corrected chi connectivity index (χ0v) is 14.5. The molecule has 1 fully saturated rings. The minimum Gasteiger partial charge on any atom is -0.346 e. The lowest BCUT2D eigenvalue weighted by Crippen LogP contribution is -2.38. The normalized spacial score (nSPS) is 23.1. The Hall–Kier alpha value is -0.500. The van der Waals surface area contributed by atoms with Crippen LogP contribution in [0.1, 0.15) is 44.8 Å². The Morgan fingerprint density at radius 2 is 2.19 bits per heavy atom. The second-order valence-electron chi connectivity index (χ2n) is 5.81. The van der Waals surface area contributed by atoms with Crippen molar-refractivity contribution >= 4 is 21.8 Å². The predicted octanol–water partition coefficient (Wildman–Crippen LogP) is 2.09. The lowest BCUT2D eigenvalue weighted by Gasteiger charge is -2.18. The highest BCUT2D eigenvalue weighted by Gasteiger charge is 2.31. The van der Waals surface area contributed by atoms with Crippen LogP contribution in [0.3, 0.4) is 0 Å². The van der Waals surface area contributed by atoms with E-state index in [1.807, 2.05) is 24.7 Å². The van der Waals surface area contributed by atoms with E-state index in [2.05, 4.69) is 4.72 Å². The van der Waals surface area contributed by atoms with Crippen LogP contribution in [0.25, 0.3) is 0 Å². The first-order chi connectivity index (χ1) is 9.89. The molecule has 1 aliphatic rings. The maximum atomic E-state index is 12.6. The molecule has 0 radical (unpaired) electrons. The lowest BCUT2D eigenvalue weighted by molar-refractivity contribution is 0.552. The van der Waals surface area contributed by atoms with Crippen LogP contribution in [0.2, 0.25) is 0 Å². The second-order valence-corrected chi connectivity index (χ2v) is 8.60. The van der Waals surface area contributed by atoms with Crippen molar-refractivity contribution in [1.29, 1.82) is 0 Å². The van der Waals surface area contributed by atoms with Gasteiger partial charge in [0.15, 0.2) is 0 Å². The summed E-state index contributed by atoms with van der Waals surface area (Å²) in [6.07, 6.45) is 6.81. The summed E-state index contributed by atoms with van der Waals surface area (Å²) in [7, 11) is -3.47. The average molecular weight is 332 g/mol. The zero-order valence-electron chi connectivity index (χ0n) is 12.9. The highest BCUT2D eigenvalue weighted by molar-refractivity contribution is 7.99. The molecule has 21 heavy (non-hydrogen) atoms. The maximum Gasteiger partial charge on any atom is 0.242 e. The third-order valence-corrected chi connectivity index (χ3v) is 6.67. The van der Waals surface area contributed by atoms with Crippen molar-refractivity contribution in [2.75, 3.05) is 6.26 Å². The zero-order chi connectivity index (χ0) is 15.6. The summed E-state index contributed by atoms with van der Waals surface area (Å²) in [5, 5.41) is 0.376. The van der Waals surface area contributed by atoms with E-state index in [1.54, 1.807) is 24.0 Å². The molecular weight excluding hydrogens is 306 g/mol. The Morgan fingerprint density at radius 3 is 2.71 bits per heavy atom. The van der Waals surface area contributed by atoms with Crippen molar-refractivity contribution in [3.63, 3.8) is 0 Å². The van der Waals surface area contributed by atoms with Gasteiger partial charge in [0.2, 0.25) is 10.0 Å². The number of sulfonamides is 1. The fraction of sp³-hybridized carbons (Fsp3) is 0.714. The third kappa shape index (κ3) is 3.64. The van der Waals surface area contributed by atoms with Crippen LogP contribution < -0.4 is 10.5 Å². The van der Waals surface area contributed by atoms with Crippen molar-refractivity contribution in [1.82, 2.24) is 9.29 Å². The summed E-state index contributed by atoms with van der Waals surface area (Å²) in [5.74, 6) is 0. The molecule has 0 bridgehead atoms. The summed E-state index contributed by atoms with van der Waals surface area (Å²) < 4.78 is 30.0. The molecule has 0 spiro atoms. The Kier molecular flexibility index (Phi) is 5.40. The van der Waals surface area contributed by atoms with Gasteiger partial charge in [0.25, 0.3) is 0 Å². The summed E-state index contributed by atoms with van der Waals surface area (Å²) in [5.41, 5.74) is 6.56. The van der Waals surface area contributed by atoms with Crippen LogP contribution in [0.4, 0.5) is 0 Å². The first kappa shape index (κ1) is 16.9. The largest absolute Gasteiger partial charge is 0.346 e.